The maximum Gasteiger partial charge on any atom is 0.255 e. The lowest BCUT2D eigenvalue weighted by molar-refractivity contribution is -0.0292. The third-order valence-corrected chi connectivity index (χ3v) is 5.14. The highest BCUT2D eigenvalue weighted by Crippen LogP contribution is 2.28. The zero-order valence-corrected chi connectivity index (χ0v) is 17.4. The SMILES string of the molecule is COc1cccc(CN2CCOC(CNC(=O)c3cc(Cl)c(N)cc3OC)C2)c1. The van der Waals surface area contributed by atoms with Gasteiger partial charge in [0.05, 0.1) is 43.2 Å². The molecular weight excluding hydrogens is 394 g/mol. The Balaban J connectivity index is 1.57. The normalized spacial score (nSPS) is 17.0. The molecular formula is C21H26ClN3O4. The zero-order valence-electron chi connectivity index (χ0n) is 16.6. The Morgan fingerprint density at radius 3 is 2.90 bits per heavy atom. The van der Waals surface area contributed by atoms with Gasteiger partial charge in [0.25, 0.3) is 5.91 Å². The molecule has 0 radical (unpaired) electrons. The van der Waals surface area contributed by atoms with Gasteiger partial charge in [-0.3, -0.25) is 9.69 Å². The second-order valence-corrected chi connectivity index (χ2v) is 7.27. The van der Waals surface area contributed by atoms with Crippen LogP contribution in [0.25, 0.3) is 0 Å². The van der Waals surface area contributed by atoms with Crippen LogP contribution in [0.3, 0.4) is 0 Å². The quantitative estimate of drug-likeness (QED) is 0.671. The number of rotatable bonds is 7. The topological polar surface area (TPSA) is 86.1 Å². The van der Waals surface area contributed by atoms with Crippen LogP contribution < -0.4 is 20.5 Å². The van der Waals surface area contributed by atoms with E-state index in [1.54, 1.807) is 13.2 Å². The monoisotopic (exact) mass is 419 g/mol. The van der Waals surface area contributed by atoms with Crippen LogP contribution in [0.2, 0.25) is 5.02 Å². The van der Waals surface area contributed by atoms with E-state index in [1.807, 2.05) is 18.2 Å². The number of hydrogen-bond donors (Lipinski definition) is 2. The molecule has 0 bridgehead atoms. The van der Waals surface area contributed by atoms with Crippen LogP contribution in [0.15, 0.2) is 36.4 Å². The van der Waals surface area contributed by atoms with Gasteiger partial charge in [-0.05, 0) is 23.8 Å². The van der Waals surface area contributed by atoms with Crippen LogP contribution >= 0.6 is 11.6 Å². The van der Waals surface area contributed by atoms with Gasteiger partial charge in [-0.25, -0.2) is 0 Å². The summed E-state index contributed by atoms with van der Waals surface area (Å²) in [6.45, 7) is 3.35. The molecule has 1 heterocycles. The first-order chi connectivity index (χ1) is 14.0. The fourth-order valence-corrected chi connectivity index (χ4v) is 3.46. The molecule has 1 amide bonds. The Hall–Kier alpha value is -2.48. The summed E-state index contributed by atoms with van der Waals surface area (Å²) in [6, 6.07) is 11.1. The third-order valence-electron chi connectivity index (χ3n) is 4.82. The Labute approximate surface area is 175 Å². The van der Waals surface area contributed by atoms with Crippen molar-refractivity contribution in [1.82, 2.24) is 10.2 Å². The molecule has 2 aromatic rings. The van der Waals surface area contributed by atoms with Crippen molar-refractivity contribution in [3.8, 4) is 11.5 Å². The maximum absolute atomic E-state index is 12.6. The van der Waals surface area contributed by atoms with E-state index in [0.29, 0.717) is 35.2 Å². The van der Waals surface area contributed by atoms with Crippen molar-refractivity contribution in [2.75, 3.05) is 46.2 Å². The number of hydrogen-bond acceptors (Lipinski definition) is 6. The number of ether oxygens (including phenoxy) is 3. The van der Waals surface area contributed by atoms with Gasteiger partial charge in [-0.15, -0.1) is 0 Å². The summed E-state index contributed by atoms with van der Waals surface area (Å²) in [6.07, 6.45) is -0.103. The Kier molecular flexibility index (Phi) is 7.19. The predicted octanol–water partition coefficient (Wildman–Crippen LogP) is 2.57. The van der Waals surface area contributed by atoms with Gasteiger partial charge in [-0.2, -0.15) is 0 Å². The van der Waals surface area contributed by atoms with E-state index < -0.39 is 0 Å². The summed E-state index contributed by atoms with van der Waals surface area (Å²) in [5.74, 6) is 0.946. The minimum Gasteiger partial charge on any atom is -0.497 e. The number of morpholine rings is 1. The van der Waals surface area contributed by atoms with Crippen molar-refractivity contribution in [3.63, 3.8) is 0 Å². The minimum atomic E-state index is -0.280. The van der Waals surface area contributed by atoms with E-state index in [2.05, 4.69) is 16.3 Å². The van der Waals surface area contributed by atoms with Gasteiger partial charge in [0.15, 0.2) is 0 Å². The van der Waals surface area contributed by atoms with E-state index in [0.717, 1.165) is 25.4 Å². The summed E-state index contributed by atoms with van der Waals surface area (Å²) in [5.41, 5.74) is 7.66. The average Bonchev–Trinajstić information content (AvgIpc) is 2.74. The molecule has 0 aromatic heterocycles. The van der Waals surface area contributed by atoms with Crippen molar-refractivity contribution in [3.05, 3.63) is 52.5 Å². The molecule has 1 aliphatic heterocycles. The molecule has 1 fully saturated rings. The van der Waals surface area contributed by atoms with E-state index in [9.17, 15) is 4.79 Å². The van der Waals surface area contributed by atoms with Crippen molar-refractivity contribution < 1.29 is 19.0 Å². The van der Waals surface area contributed by atoms with E-state index in [1.165, 1.54) is 18.7 Å². The number of amides is 1. The van der Waals surface area contributed by atoms with Gasteiger partial charge in [0.1, 0.15) is 11.5 Å². The standard InChI is InChI=1S/C21H26ClN3O4/c1-27-15-5-3-4-14(8-15)12-25-6-7-29-16(13-25)11-24-21(26)17-9-18(22)19(23)10-20(17)28-2/h3-5,8-10,16H,6-7,11-13,23H2,1-2H3,(H,24,26). The lowest BCUT2D eigenvalue weighted by Gasteiger charge is -2.33. The van der Waals surface area contributed by atoms with Gasteiger partial charge in [0.2, 0.25) is 0 Å². The number of methoxy groups -OCH3 is 2. The lowest BCUT2D eigenvalue weighted by atomic mass is 10.1. The van der Waals surface area contributed by atoms with Crippen LogP contribution in [0, 0.1) is 0 Å². The molecule has 1 unspecified atom stereocenters. The highest BCUT2D eigenvalue weighted by molar-refractivity contribution is 6.33. The predicted molar refractivity (Wildman–Crippen MR) is 113 cm³/mol. The van der Waals surface area contributed by atoms with Gasteiger partial charge >= 0.3 is 0 Å². The van der Waals surface area contributed by atoms with Crippen LogP contribution in [-0.2, 0) is 11.3 Å². The molecule has 29 heavy (non-hydrogen) atoms. The summed E-state index contributed by atoms with van der Waals surface area (Å²) >= 11 is 6.05. The molecule has 3 N–H and O–H groups in total. The lowest BCUT2D eigenvalue weighted by Crippen LogP contribution is -2.47. The average molecular weight is 420 g/mol. The number of nitrogens with one attached hydrogen (secondary N) is 1. The first-order valence-corrected chi connectivity index (χ1v) is 9.76. The summed E-state index contributed by atoms with van der Waals surface area (Å²) in [5, 5.41) is 3.22. The first-order valence-electron chi connectivity index (χ1n) is 9.38. The number of carbonyl (C=O) groups excluding carboxylic acids is 1. The van der Waals surface area contributed by atoms with Crippen LogP contribution in [-0.4, -0.2) is 57.4 Å². The Morgan fingerprint density at radius 2 is 2.14 bits per heavy atom. The van der Waals surface area contributed by atoms with Gasteiger partial charge in [-0.1, -0.05) is 23.7 Å². The zero-order chi connectivity index (χ0) is 20.8. The minimum absolute atomic E-state index is 0.103. The highest BCUT2D eigenvalue weighted by atomic mass is 35.5. The molecule has 1 aliphatic rings. The molecule has 3 rings (SSSR count). The fraction of sp³-hybridized carbons (Fsp3) is 0.381. The molecule has 2 aromatic carbocycles. The maximum atomic E-state index is 12.6. The molecule has 1 atom stereocenters. The summed E-state index contributed by atoms with van der Waals surface area (Å²) in [4.78, 5) is 14.9. The van der Waals surface area contributed by atoms with E-state index in [-0.39, 0.29) is 12.0 Å². The van der Waals surface area contributed by atoms with Gasteiger partial charge < -0.3 is 25.3 Å². The fourth-order valence-electron chi connectivity index (χ4n) is 3.29. The second-order valence-electron chi connectivity index (χ2n) is 6.86. The molecule has 1 saturated heterocycles. The Morgan fingerprint density at radius 1 is 1.31 bits per heavy atom. The van der Waals surface area contributed by atoms with Crippen molar-refractivity contribution >= 4 is 23.2 Å². The number of benzene rings is 2. The third kappa shape index (κ3) is 5.53. The highest BCUT2D eigenvalue weighted by Gasteiger charge is 2.22. The van der Waals surface area contributed by atoms with Crippen molar-refractivity contribution in [2.24, 2.45) is 0 Å². The molecule has 0 spiro atoms. The number of nitrogen functional groups attached to an aromatic ring is 1. The molecule has 0 saturated carbocycles. The number of carbonyl (C=O) groups is 1. The van der Waals surface area contributed by atoms with Crippen LogP contribution in [0.5, 0.6) is 11.5 Å². The number of halogens is 1. The smallest absolute Gasteiger partial charge is 0.255 e. The second kappa shape index (κ2) is 9.82. The molecule has 0 aliphatic carbocycles. The van der Waals surface area contributed by atoms with Crippen LogP contribution in [0.4, 0.5) is 5.69 Å². The van der Waals surface area contributed by atoms with Crippen molar-refractivity contribution in [1.29, 1.82) is 0 Å². The van der Waals surface area contributed by atoms with Crippen LogP contribution in [0.1, 0.15) is 15.9 Å². The molecule has 7 nitrogen and oxygen atoms in total. The van der Waals surface area contributed by atoms with Crippen molar-refractivity contribution in [2.45, 2.75) is 12.6 Å². The summed E-state index contributed by atoms with van der Waals surface area (Å²) in [7, 11) is 3.15. The summed E-state index contributed by atoms with van der Waals surface area (Å²) < 4.78 is 16.4. The first kappa shape index (κ1) is 21.2. The number of nitrogens with zero attached hydrogens (tertiary/aromatic N) is 1. The van der Waals surface area contributed by atoms with Gasteiger partial charge in [0, 0.05) is 32.2 Å². The number of anilines is 1. The van der Waals surface area contributed by atoms with E-state index in [4.69, 9.17) is 31.5 Å². The molecule has 156 valence electrons. The number of nitrogens with two attached hydrogens (primary N) is 1. The molecule has 8 heteroatoms. The largest absolute Gasteiger partial charge is 0.497 e. The Bertz CT molecular complexity index is 862. The van der Waals surface area contributed by atoms with E-state index >= 15 is 0 Å².